The number of nitrogens with one attached hydrogen (secondary N) is 1. The molecule has 0 radical (unpaired) electrons. The van der Waals surface area contributed by atoms with Gasteiger partial charge in [-0.1, -0.05) is 30.3 Å². The summed E-state index contributed by atoms with van der Waals surface area (Å²) in [5.41, 5.74) is 2.07. The molecule has 9 heteroatoms. The second-order valence-corrected chi connectivity index (χ2v) is 9.01. The lowest BCUT2D eigenvalue weighted by atomic mass is 9.98. The molecule has 1 aliphatic heterocycles. The van der Waals surface area contributed by atoms with Crippen LogP contribution in [0.2, 0.25) is 0 Å². The highest BCUT2D eigenvalue weighted by Gasteiger charge is 2.36. The lowest BCUT2D eigenvalue weighted by molar-refractivity contribution is 0.0676. The molecule has 1 amide bonds. The van der Waals surface area contributed by atoms with E-state index >= 15 is 0 Å². The summed E-state index contributed by atoms with van der Waals surface area (Å²) in [6.07, 6.45) is 1.69. The van der Waals surface area contributed by atoms with Crippen LogP contribution >= 0.6 is 0 Å². The molecule has 3 aromatic rings. The number of carbonyl (C=O) groups is 1. The Labute approximate surface area is 179 Å². The number of benzene rings is 2. The van der Waals surface area contributed by atoms with Crippen molar-refractivity contribution in [1.82, 2.24) is 5.01 Å². The average Bonchev–Trinajstić information content (AvgIpc) is 3.45. The summed E-state index contributed by atoms with van der Waals surface area (Å²) in [5.74, 6) is -0.822. The molecule has 160 valence electrons. The van der Waals surface area contributed by atoms with E-state index in [4.69, 9.17) is 4.42 Å². The third-order valence-electron chi connectivity index (χ3n) is 4.99. The molecule has 1 N–H and O–H groups in total. The van der Waals surface area contributed by atoms with E-state index in [2.05, 4.69) is 9.82 Å². The maximum Gasteiger partial charge on any atom is 0.310 e. The summed E-state index contributed by atoms with van der Waals surface area (Å²) in [6.45, 7) is 1.55. The Hall–Kier alpha value is -3.46. The van der Waals surface area contributed by atoms with Crippen LogP contribution in [0.4, 0.5) is 10.1 Å². The Kier molecular flexibility index (Phi) is 5.60. The molecule has 0 bridgehead atoms. The Balaban J connectivity index is 1.66. The fraction of sp³-hybridized carbons (Fsp3) is 0.182. The molecule has 31 heavy (non-hydrogen) atoms. The summed E-state index contributed by atoms with van der Waals surface area (Å²) in [5, 5.41) is 5.71. The number of amides is 1. The topological polar surface area (TPSA) is 92.0 Å². The molecule has 1 atom stereocenters. The maximum atomic E-state index is 14.5. The van der Waals surface area contributed by atoms with Gasteiger partial charge in [0, 0.05) is 17.7 Å². The number of anilines is 1. The molecular weight excluding hydrogens is 421 g/mol. The molecule has 4 rings (SSSR count). The van der Waals surface area contributed by atoms with Crippen molar-refractivity contribution in [3.63, 3.8) is 0 Å². The highest BCUT2D eigenvalue weighted by molar-refractivity contribution is 7.92. The zero-order chi connectivity index (χ0) is 22.0. The van der Waals surface area contributed by atoms with Crippen LogP contribution < -0.4 is 4.72 Å². The van der Waals surface area contributed by atoms with Crippen molar-refractivity contribution >= 4 is 27.3 Å². The number of hydrazone groups is 1. The van der Waals surface area contributed by atoms with E-state index in [1.165, 1.54) is 23.4 Å². The van der Waals surface area contributed by atoms with Gasteiger partial charge in [0.2, 0.25) is 10.0 Å². The number of furan rings is 1. The molecule has 0 aliphatic carbocycles. The van der Waals surface area contributed by atoms with E-state index in [0.717, 1.165) is 0 Å². The predicted octanol–water partition coefficient (Wildman–Crippen LogP) is 4.17. The lowest BCUT2D eigenvalue weighted by Gasteiger charge is -2.21. The van der Waals surface area contributed by atoms with Crippen molar-refractivity contribution in [3.8, 4) is 0 Å². The zero-order valence-electron chi connectivity index (χ0n) is 16.7. The molecule has 7 nitrogen and oxygen atoms in total. The number of hydrogen-bond donors (Lipinski definition) is 1. The Morgan fingerprint density at radius 3 is 2.55 bits per heavy atom. The van der Waals surface area contributed by atoms with E-state index in [1.54, 1.807) is 55.5 Å². The lowest BCUT2D eigenvalue weighted by Crippen LogP contribution is -2.27. The Morgan fingerprint density at radius 2 is 1.90 bits per heavy atom. The number of rotatable bonds is 6. The van der Waals surface area contributed by atoms with E-state index < -0.39 is 27.8 Å². The van der Waals surface area contributed by atoms with Gasteiger partial charge in [0.1, 0.15) is 5.82 Å². The largest absolute Gasteiger partial charge is 0.459 e. The molecule has 2 heterocycles. The minimum atomic E-state index is -3.38. The van der Waals surface area contributed by atoms with E-state index in [9.17, 15) is 17.6 Å². The minimum absolute atomic E-state index is 0.0321. The molecule has 0 spiro atoms. The van der Waals surface area contributed by atoms with Gasteiger partial charge < -0.3 is 4.42 Å². The first-order valence-electron chi connectivity index (χ1n) is 9.68. The van der Waals surface area contributed by atoms with Gasteiger partial charge in [-0.15, -0.1) is 0 Å². The van der Waals surface area contributed by atoms with Crippen molar-refractivity contribution in [2.24, 2.45) is 5.10 Å². The second-order valence-electron chi connectivity index (χ2n) is 7.00. The van der Waals surface area contributed by atoms with Gasteiger partial charge in [-0.3, -0.25) is 9.52 Å². The zero-order valence-corrected chi connectivity index (χ0v) is 17.5. The predicted molar refractivity (Wildman–Crippen MR) is 115 cm³/mol. The molecule has 0 saturated heterocycles. The number of halogens is 1. The second kappa shape index (κ2) is 8.35. The van der Waals surface area contributed by atoms with Gasteiger partial charge in [-0.2, -0.15) is 5.10 Å². The summed E-state index contributed by atoms with van der Waals surface area (Å²) in [4.78, 5) is 12.9. The fourth-order valence-corrected chi connectivity index (χ4v) is 3.99. The van der Waals surface area contributed by atoms with E-state index in [-0.39, 0.29) is 11.5 Å². The SMILES string of the molecule is CCS(=O)(=O)Nc1ccc(C2=NN(C(=O)c3ccco3)C(c3ccccc3F)C2)cc1. The van der Waals surface area contributed by atoms with Crippen LogP contribution in [-0.4, -0.2) is 30.8 Å². The molecule has 2 aromatic carbocycles. The van der Waals surface area contributed by atoms with Crippen LogP contribution in [0, 0.1) is 5.82 Å². The quantitative estimate of drug-likeness (QED) is 0.621. The third-order valence-corrected chi connectivity index (χ3v) is 6.29. The molecule has 1 aromatic heterocycles. The van der Waals surface area contributed by atoms with Gasteiger partial charge in [0.25, 0.3) is 0 Å². The summed E-state index contributed by atoms with van der Waals surface area (Å²) in [6, 6.07) is 15.4. The van der Waals surface area contributed by atoms with Crippen LogP contribution in [0.15, 0.2) is 76.4 Å². The third kappa shape index (κ3) is 4.36. The van der Waals surface area contributed by atoms with E-state index in [0.29, 0.717) is 28.9 Å². The van der Waals surface area contributed by atoms with Gasteiger partial charge in [0.05, 0.1) is 23.8 Å². The fourth-order valence-electron chi connectivity index (χ4n) is 3.36. The first-order chi connectivity index (χ1) is 14.9. The smallest absolute Gasteiger partial charge is 0.310 e. The van der Waals surface area contributed by atoms with Crippen molar-refractivity contribution in [2.45, 2.75) is 19.4 Å². The van der Waals surface area contributed by atoms with Crippen molar-refractivity contribution < 1.29 is 22.0 Å². The monoisotopic (exact) mass is 441 g/mol. The summed E-state index contributed by atoms with van der Waals surface area (Å²) < 4.78 is 45.7. The number of carbonyl (C=O) groups excluding carboxylic acids is 1. The van der Waals surface area contributed by atoms with Crippen LogP contribution in [0.25, 0.3) is 0 Å². The highest BCUT2D eigenvalue weighted by atomic mass is 32.2. The Morgan fingerprint density at radius 1 is 1.16 bits per heavy atom. The van der Waals surface area contributed by atoms with Crippen LogP contribution in [0.1, 0.15) is 41.1 Å². The maximum absolute atomic E-state index is 14.5. The highest BCUT2D eigenvalue weighted by Crippen LogP contribution is 2.35. The van der Waals surface area contributed by atoms with Crippen molar-refractivity contribution in [3.05, 3.63) is 89.6 Å². The van der Waals surface area contributed by atoms with E-state index in [1.807, 2.05) is 0 Å². The van der Waals surface area contributed by atoms with Gasteiger partial charge in [0.15, 0.2) is 5.76 Å². The van der Waals surface area contributed by atoms with Crippen molar-refractivity contribution in [2.75, 3.05) is 10.5 Å². The number of hydrogen-bond acceptors (Lipinski definition) is 5. The van der Waals surface area contributed by atoms with Crippen LogP contribution in [0.5, 0.6) is 0 Å². The number of sulfonamides is 1. The molecule has 1 unspecified atom stereocenters. The normalized spacial score (nSPS) is 16.3. The molecule has 0 saturated carbocycles. The number of nitrogens with zero attached hydrogens (tertiary/aromatic N) is 2. The first-order valence-corrected chi connectivity index (χ1v) is 11.3. The standard InChI is InChI=1S/C22H20FN3O4S/c1-2-31(28,29)25-16-11-9-15(10-12-16)19-14-20(17-6-3-4-7-18(17)23)26(24-19)22(27)21-8-5-13-30-21/h3-13,20,25H,2,14H2,1H3. The van der Waals surface area contributed by atoms with Crippen molar-refractivity contribution in [1.29, 1.82) is 0 Å². The summed E-state index contributed by atoms with van der Waals surface area (Å²) in [7, 11) is -3.38. The van der Waals surface area contributed by atoms with Gasteiger partial charge in [-0.05, 0) is 42.8 Å². The van der Waals surface area contributed by atoms with Crippen LogP contribution in [-0.2, 0) is 10.0 Å². The molecule has 0 fully saturated rings. The molecular formula is C22H20FN3O4S. The Bertz CT molecular complexity index is 1220. The first kappa shape index (κ1) is 20.8. The summed E-state index contributed by atoms with van der Waals surface area (Å²) >= 11 is 0. The van der Waals surface area contributed by atoms with Gasteiger partial charge in [-0.25, -0.2) is 17.8 Å². The molecule has 1 aliphatic rings. The minimum Gasteiger partial charge on any atom is -0.459 e. The average molecular weight is 441 g/mol. The van der Waals surface area contributed by atoms with Gasteiger partial charge >= 0.3 is 5.91 Å². The van der Waals surface area contributed by atoms with Crippen LogP contribution in [0.3, 0.4) is 0 Å².